The molecule has 0 unspecified atom stereocenters. The first kappa shape index (κ1) is 19.1. The largest absolute Gasteiger partial charge is 0.457 e. The van der Waals surface area contributed by atoms with E-state index in [0.717, 1.165) is 0 Å². The molecule has 0 N–H and O–H groups in total. The summed E-state index contributed by atoms with van der Waals surface area (Å²) in [4.78, 5) is 33.9. The van der Waals surface area contributed by atoms with Crippen molar-refractivity contribution in [3.05, 3.63) is 12.7 Å². The summed E-state index contributed by atoms with van der Waals surface area (Å²) in [5.74, 6) is -1.75. The standard InChI is InChI=1S/C15H22O8/c1-6-7-19-13-12(21-9(3)16)8(2)20-15(23-11(5)18)14(13)22-10(4)17/h6,8,12-15H,1,7H2,2-5H3/t8-,12+,13+,14-,15-/m0/s1. The summed E-state index contributed by atoms with van der Waals surface area (Å²) in [6.07, 6.45) is -3.07. The minimum Gasteiger partial charge on any atom is -0.457 e. The number of ether oxygens (including phenoxy) is 5. The second-order valence-electron chi connectivity index (χ2n) is 5.05. The number of carbonyl (C=O) groups is 3. The molecule has 0 aromatic rings. The van der Waals surface area contributed by atoms with Crippen molar-refractivity contribution in [3.63, 3.8) is 0 Å². The van der Waals surface area contributed by atoms with Gasteiger partial charge in [-0.1, -0.05) is 6.08 Å². The van der Waals surface area contributed by atoms with Crippen LogP contribution in [0.4, 0.5) is 0 Å². The molecule has 1 aliphatic rings. The van der Waals surface area contributed by atoms with Crippen LogP contribution in [0.25, 0.3) is 0 Å². The highest BCUT2D eigenvalue weighted by Gasteiger charge is 2.50. The zero-order chi connectivity index (χ0) is 17.6. The molecular weight excluding hydrogens is 308 g/mol. The third-order valence-corrected chi connectivity index (χ3v) is 3.02. The van der Waals surface area contributed by atoms with Crippen LogP contribution in [-0.2, 0) is 38.1 Å². The van der Waals surface area contributed by atoms with Crippen molar-refractivity contribution < 1.29 is 38.1 Å². The van der Waals surface area contributed by atoms with Gasteiger partial charge < -0.3 is 23.7 Å². The Morgan fingerprint density at radius 1 is 0.957 bits per heavy atom. The normalized spacial score (nSPS) is 30.2. The summed E-state index contributed by atoms with van der Waals surface area (Å²) in [6, 6.07) is 0. The zero-order valence-corrected chi connectivity index (χ0v) is 13.6. The summed E-state index contributed by atoms with van der Waals surface area (Å²) in [5.41, 5.74) is 0. The second kappa shape index (κ2) is 8.64. The Kier molecular flexibility index (Phi) is 7.18. The maximum absolute atomic E-state index is 11.4. The molecule has 0 bridgehead atoms. The minimum atomic E-state index is -1.16. The van der Waals surface area contributed by atoms with Crippen LogP contribution < -0.4 is 0 Å². The van der Waals surface area contributed by atoms with Gasteiger partial charge in [0, 0.05) is 20.8 Å². The van der Waals surface area contributed by atoms with Crippen molar-refractivity contribution >= 4 is 17.9 Å². The molecule has 130 valence electrons. The molecule has 5 atom stereocenters. The number of esters is 3. The van der Waals surface area contributed by atoms with E-state index in [0.29, 0.717) is 0 Å². The molecule has 0 aromatic carbocycles. The Morgan fingerprint density at radius 2 is 1.48 bits per heavy atom. The first-order valence-corrected chi connectivity index (χ1v) is 7.15. The van der Waals surface area contributed by atoms with Gasteiger partial charge in [0.2, 0.25) is 6.29 Å². The highest BCUT2D eigenvalue weighted by atomic mass is 16.7. The average molecular weight is 330 g/mol. The van der Waals surface area contributed by atoms with E-state index in [-0.39, 0.29) is 6.61 Å². The number of rotatable bonds is 6. The van der Waals surface area contributed by atoms with Gasteiger partial charge in [-0.25, -0.2) is 0 Å². The third kappa shape index (κ3) is 5.65. The summed E-state index contributed by atoms with van der Waals surface area (Å²) in [7, 11) is 0. The third-order valence-electron chi connectivity index (χ3n) is 3.02. The maximum Gasteiger partial charge on any atom is 0.305 e. The Bertz CT molecular complexity index is 460. The second-order valence-corrected chi connectivity index (χ2v) is 5.05. The van der Waals surface area contributed by atoms with E-state index in [2.05, 4.69) is 6.58 Å². The van der Waals surface area contributed by atoms with Gasteiger partial charge >= 0.3 is 17.9 Å². The minimum absolute atomic E-state index is 0.125. The van der Waals surface area contributed by atoms with Crippen LogP contribution in [-0.4, -0.2) is 55.2 Å². The van der Waals surface area contributed by atoms with Gasteiger partial charge in [-0.3, -0.25) is 14.4 Å². The van der Waals surface area contributed by atoms with Crippen molar-refractivity contribution in [1.29, 1.82) is 0 Å². The Hall–Kier alpha value is -1.93. The van der Waals surface area contributed by atoms with Crippen LogP contribution in [0.2, 0.25) is 0 Å². The zero-order valence-electron chi connectivity index (χ0n) is 13.6. The lowest BCUT2D eigenvalue weighted by atomic mass is 9.99. The first-order chi connectivity index (χ1) is 10.8. The fourth-order valence-corrected chi connectivity index (χ4v) is 2.27. The van der Waals surface area contributed by atoms with Crippen molar-refractivity contribution in [2.45, 2.75) is 58.4 Å². The Balaban J connectivity index is 3.10. The monoisotopic (exact) mass is 330 g/mol. The lowest BCUT2D eigenvalue weighted by Gasteiger charge is -2.43. The topological polar surface area (TPSA) is 97.4 Å². The summed E-state index contributed by atoms with van der Waals surface area (Å²) in [6.45, 7) is 8.96. The van der Waals surface area contributed by atoms with E-state index in [1.54, 1.807) is 6.92 Å². The highest BCUT2D eigenvalue weighted by Crippen LogP contribution is 2.29. The molecular formula is C15H22O8. The van der Waals surface area contributed by atoms with Crippen LogP contribution >= 0.6 is 0 Å². The average Bonchev–Trinajstić information content (AvgIpc) is 2.41. The molecule has 23 heavy (non-hydrogen) atoms. The number of hydrogen-bond donors (Lipinski definition) is 0. The van der Waals surface area contributed by atoms with Crippen LogP contribution in [0.15, 0.2) is 12.7 Å². The maximum atomic E-state index is 11.4. The van der Waals surface area contributed by atoms with E-state index in [9.17, 15) is 14.4 Å². The van der Waals surface area contributed by atoms with Crippen molar-refractivity contribution in [3.8, 4) is 0 Å². The molecule has 0 spiro atoms. The highest BCUT2D eigenvalue weighted by molar-refractivity contribution is 5.67. The molecule has 0 aromatic heterocycles. The fraction of sp³-hybridized carbons (Fsp3) is 0.667. The predicted molar refractivity (Wildman–Crippen MR) is 77.1 cm³/mol. The van der Waals surface area contributed by atoms with Crippen LogP contribution in [0.1, 0.15) is 27.7 Å². The van der Waals surface area contributed by atoms with Crippen LogP contribution in [0.3, 0.4) is 0 Å². The predicted octanol–water partition coefficient (Wildman–Crippen LogP) is 0.729. The van der Waals surface area contributed by atoms with Gasteiger partial charge in [-0.05, 0) is 6.92 Å². The van der Waals surface area contributed by atoms with E-state index in [4.69, 9.17) is 23.7 Å². The van der Waals surface area contributed by atoms with E-state index >= 15 is 0 Å². The fourth-order valence-electron chi connectivity index (χ4n) is 2.27. The molecule has 8 heteroatoms. The SMILES string of the molecule is C=CCO[C@H]1[C@H](OC(C)=O)[C@H](OC(C)=O)O[C@@H](C)[C@H]1OC(C)=O. The molecule has 0 aliphatic carbocycles. The van der Waals surface area contributed by atoms with Gasteiger partial charge in [0.05, 0.1) is 12.7 Å². The number of carbonyl (C=O) groups excluding carboxylic acids is 3. The van der Waals surface area contributed by atoms with E-state index in [1.807, 2.05) is 0 Å². The molecule has 0 amide bonds. The number of hydrogen-bond acceptors (Lipinski definition) is 8. The lowest BCUT2D eigenvalue weighted by molar-refractivity contribution is -0.295. The molecule has 0 saturated carbocycles. The van der Waals surface area contributed by atoms with Crippen LogP contribution in [0, 0.1) is 0 Å². The molecule has 8 nitrogen and oxygen atoms in total. The molecule has 1 fully saturated rings. The lowest BCUT2D eigenvalue weighted by Crippen LogP contribution is -2.61. The molecule has 1 heterocycles. The van der Waals surface area contributed by atoms with E-state index in [1.165, 1.54) is 26.8 Å². The molecule has 0 radical (unpaired) electrons. The summed E-state index contributed by atoms with van der Waals surface area (Å²) < 4.78 is 26.6. The van der Waals surface area contributed by atoms with Crippen molar-refractivity contribution in [2.75, 3.05) is 6.61 Å². The quantitative estimate of drug-likeness (QED) is 0.399. The van der Waals surface area contributed by atoms with Crippen molar-refractivity contribution in [2.24, 2.45) is 0 Å². The van der Waals surface area contributed by atoms with Gasteiger partial charge in [0.25, 0.3) is 0 Å². The van der Waals surface area contributed by atoms with Gasteiger partial charge in [0.15, 0.2) is 12.2 Å². The van der Waals surface area contributed by atoms with Gasteiger partial charge in [-0.15, -0.1) is 6.58 Å². The smallest absolute Gasteiger partial charge is 0.305 e. The molecule has 1 aliphatic heterocycles. The Labute approximate surface area is 134 Å². The van der Waals surface area contributed by atoms with E-state index < -0.39 is 48.6 Å². The van der Waals surface area contributed by atoms with Crippen LogP contribution in [0.5, 0.6) is 0 Å². The van der Waals surface area contributed by atoms with Gasteiger partial charge in [-0.2, -0.15) is 0 Å². The summed E-state index contributed by atoms with van der Waals surface area (Å²) >= 11 is 0. The Morgan fingerprint density at radius 3 is 1.96 bits per heavy atom. The van der Waals surface area contributed by atoms with Gasteiger partial charge in [0.1, 0.15) is 6.10 Å². The van der Waals surface area contributed by atoms with Crippen molar-refractivity contribution in [1.82, 2.24) is 0 Å². The summed E-state index contributed by atoms with van der Waals surface area (Å²) in [5, 5.41) is 0. The molecule has 1 saturated heterocycles. The molecule has 1 rings (SSSR count). The first-order valence-electron chi connectivity index (χ1n) is 7.15.